The number of carbonyl (C=O) groups excluding carboxylic acids is 2. The van der Waals surface area contributed by atoms with Gasteiger partial charge in [-0.15, -0.1) is 0 Å². The molecule has 0 aliphatic rings. The van der Waals surface area contributed by atoms with E-state index >= 15 is 0 Å². The number of rotatable bonds is 3. The zero-order valence-corrected chi connectivity index (χ0v) is 10.0. The van der Waals surface area contributed by atoms with Crippen molar-refractivity contribution in [2.24, 2.45) is 0 Å². The lowest BCUT2D eigenvalue weighted by Crippen LogP contribution is -2.11. The number of carbonyl (C=O) groups is 2. The van der Waals surface area contributed by atoms with Gasteiger partial charge in [-0.05, 0) is 19.1 Å². The highest BCUT2D eigenvalue weighted by Gasteiger charge is 2.16. The number of hydrogen-bond donors (Lipinski definition) is 0. The Kier molecular flexibility index (Phi) is 4.40. The van der Waals surface area contributed by atoms with Crippen LogP contribution in [0.4, 0.5) is 4.39 Å². The van der Waals surface area contributed by atoms with Gasteiger partial charge in [-0.25, -0.2) is 9.18 Å². The summed E-state index contributed by atoms with van der Waals surface area (Å²) in [5.74, 6) is -2.00. The summed E-state index contributed by atoms with van der Waals surface area (Å²) >= 11 is 5.58. The minimum atomic E-state index is -0.808. The van der Waals surface area contributed by atoms with Crippen LogP contribution in [0.3, 0.4) is 0 Å². The van der Waals surface area contributed by atoms with Gasteiger partial charge in [-0.3, -0.25) is 4.79 Å². The first-order valence-electron chi connectivity index (χ1n) is 4.72. The van der Waals surface area contributed by atoms with E-state index in [0.717, 1.165) is 13.2 Å². The molecule has 90 valence electrons. The zero-order valence-electron chi connectivity index (χ0n) is 9.29. The van der Waals surface area contributed by atoms with E-state index < -0.39 is 17.6 Å². The van der Waals surface area contributed by atoms with Gasteiger partial charge < -0.3 is 4.74 Å². The predicted octanol–water partition coefficient (Wildman–Crippen LogP) is 2.62. The van der Waals surface area contributed by atoms with E-state index in [2.05, 4.69) is 4.74 Å². The molecule has 0 saturated heterocycles. The second-order valence-electron chi connectivity index (χ2n) is 3.25. The Balaban J connectivity index is 3.27. The molecule has 0 aliphatic carbocycles. The quantitative estimate of drug-likeness (QED) is 0.361. The van der Waals surface area contributed by atoms with E-state index in [1.165, 1.54) is 25.1 Å². The molecule has 0 aliphatic heterocycles. The minimum Gasteiger partial charge on any atom is -0.465 e. The van der Waals surface area contributed by atoms with Crippen LogP contribution in [0.25, 0.3) is 6.08 Å². The lowest BCUT2D eigenvalue weighted by molar-refractivity contribution is -0.137. The fraction of sp³-hybridized carbons (Fsp3) is 0.167. The lowest BCUT2D eigenvalue weighted by Gasteiger charge is -2.03. The molecule has 0 spiro atoms. The molecule has 1 aromatic rings. The number of hydrogen-bond acceptors (Lipinski definition) is 3. The van der Waals surface area contributed by atoms with Gasteiger partial charge in [0.2, 0.25) is 0 Å². The van der Waals surface area contributed by atoms with Gasteiger partial charge in [-0.1, -0.05) is 23.7 Å². The Morgan fingerprint density at radius 3 is 2.59 bits per heavy atom. The normalized spacial score (nSPS) is 11.2. The van der Waals surface area contributed by atoms with Gasteiger partial charge in [0.15, 0.2) is 5.78 Å². The van der Waals surface area contributed by atoms with Crippen LogP contribution in [0.1, 0.15) is 12.5 Å². The Morgan fingerprint density at radius 1 is 1.41 bits per heavy atom. The summed E-state index contributed by atoms with van der Waals surface area (Å²) in [6.07, 6.45) is 1.12. The molecule has 3 nitrogen and oxygen atoms in total. The SMILES string of the molecule is COC(=O)/C(=C\c1cccc(Cl)c1F)C(C)=O. The molecule has 0 N–H and O–H groups in total. The number of Topliss-reactive ketones (excluding diaryl/α,β-unsaturated/α-hetero) is 1. The highest BCUT2D eigenvalue weighted by atomic mass is 35.5. The third kappa shape index (κ3) is 3.14. The first-order valence-corrected chi connectivity index (χ1v) is 5.10. The molecule has 0 amide bonds. The summed E-state index contributed by atoms with van der Waals surface area (Å²) in [6, 6.07) is 4.30. The molecule has 0 atom stereocenters. The topological polar surface area (TPSA) is 43.4 Å². The van der Waals surface area contributed by atoms with Gasteiger partial charge in [-0.2, -0.15) is 0 Å². The van der Waals surface area contributed by atoms with E-state index in [0.29, 0.717) is 0 Å². The van der Waals surface area contributed by atoms with Crippen molar-refractivity contribution in [2.45, 2.75) is 6.92 Å². The average molecular weight is 257 g/mol. The van der Waals surface area contributed by atoms with Crippen LogP contribution in [0.15, 0.2) is 23.8 Å². The Labute approximate surface area is 103 Å². The Morgan fingerprint density at radius 2 is 2.06 bits per heavy atom. The van der Waals surface area contributed by atoms with Crippen molar-refractivity contribution in [3.8, 4) is 0 Å². The van der Waals surface area contributed by atoms with Gasteiger partial charge in [0.1, 0.15) is 11.4 Å². The smallest absolute Gasteiger partial charge is 0.341 e. The summed E-state index contributed by atoms with van der Waals surface area (Å²) in [7, 11) is 1.15. The molecule has 17 heavy (non-hydrogen) atoms. The van der Waals surface area contributed by atoms with Gasteiger partial charge in [0, 0.05) is 5.56 Å². The van der Waals surface area contributed by atoms with Crippen LogP contribution in [0, 0.1) is 5.82 Å². The van der Waals surface area contributed by atoms with Crippen LogP contribution in [0.2, 0.25) is 5.02 Å². The van der Waals surface area contributed by atoms with Crippen molar-refractivity contribution in [1.29, 1.82) is 0 Å². The minimum absolute atomic E-state index is 0.0631. The van der Waals surface area contributed by atoms with Crippen molar-refractivity contribution < 1.29 is 18.7 Å². The molecule has 1 aromatic carbocycles. The van der Waals surface area contributed by atoms with Crippen LogP contribution >= 0.6 is 11.6 Å². The lowest BCUT2D eigenvalue weighted by atomic mass is 10.1. The van der Waals surface area contributed by atoms with Crippen LogP contribution < -0.4 is 0 Å². The standard InChI is InChI=1S/C12H10ClFO3/c1-7(15)9(12(16)17-2)6-8-4-3-5-10(13)11(8)14/h3-6H,1-2H3/b9-6-. The van der Waals surface area contributed by atoms with Crippen molar-refractivity contribution in [3.05, 3.63) is 40.2 Å². The third-order valence-corrected chi connectivity index (χ3v) is 2.36. The largest absolute Gasteiger partial charge is 0.465 e. The fourth-order valence-electron chi connectivity index (χ4n) is 1.20. The second-order valence-corrected chi connectivity index (χ2v) is 3.66. The zero-order chi connectivity index (χ0) is 13.0. The maximum atomic E-state index is 13.6. The van der Waals surface area contributed by atoms with E-state index in [9.17, 15) is 14.0 Å². The monoisotopic (exact) mass is 256 g/mol. The molecule has 0 radical (unpaired) electrons. The van der Waals surface area contributed by atoms with E-state index in [1.54, 1.807) is 0 Å². The summed E-state index contributed by atoms with van der Waals surface area (Å²) in [4.78, 5) is 22.5. The first kappa shape index (κ1) is 13.4. The number of benzene rings is 1. The van der Waals surface area contributed by atoms with Gasteiger partial charge in [0.25, 0.3) is 0 Å². The Bertz CT molecular complexity index is 495. The van der Waals surface area contributed by atoms with Gasteiger partial charge >= 0.3 is 5.97 Å². The van der Waals surface area contributed by atoms with Crippen molar-refractivity contribution in [1.82, 2.24) is 0 Å². The summed E-state index contributed by atoms with van der Waals surface area (Å²) in [6.45, 7) is 1.20. The average Bonchev–Trinajstić information content (AvgIpc) is 2.29. The molecule has 5 heteroatoms. The molecule has 1 rings (SSSR count). The van der Waals surface area contributed by atoms with E-state index in [-0.39, 0.29) is 16.2 Å². The van der Waals surface area contributed by atoms with Crippen LogP contribution in [-0.4, -0.2) is 18.9 Å². The molecular weight excluding hydrogens is 247 g/mol. The van der Waals surface area contributed by atoms with Gasteiger partial charge in [0.05, 0.1) is 12.1 Å². The van der Waals surface area contributed by atoms with Crippen LogP contribution in [-0.2, 0) is 14.3 Å². The van der Waals surface area contributed by atoms with E-state index in [4.69, 9.17) is 11.6 Å². The first-order chi connectivity index (χ1) is 7.97. The van der Waals surface area contributed by atoms with Crippen molar-refractivity contribution >= 4 is 29.4 Å². The number of halogens is 2. The maximum absolute atomic E-state index is 13.6. The molecular formula is C12H10ClFO3. The maximum Gasteiger partial charge on any atom is 0.341 e. The molecule has 0 bridgehead atoms. The van der Waals surface area contributed by atoms with Crippen molar-refractivity contribution in [3.63, 3.8) is 0 Å². The fourth-order valence-corrected chi connectivity index (χ4v) is 1.38. The van der Waals surface area contributed by atoms with Crippen molar-refractivity contribution in [2.75, 3.05) is 7.11 Å². The molecule has 0 unspecified atom stereocenters. The Hall–Kier alpha value is -1.68. The van der Waals surface area contributed by atoms with E-state index in [1.807, 2.05) is 0 Å². The highest BCUT2D eigenvalue weighted by Crippen LogP contribution is 2.20. The number of esters is 1. The summed E-state index contributed by atoms with van der Waals surface area (Å²) in [5.41, 5.74) is -0.165. The molecule has 0 aromatic heterocycles. The molecule has 0 saturated carbocycles. The molecule has 0 heterocycles. The number of methoxy groups -OCH3 is 1. The predicted molar refractivity (Wildman–Crippen MR) is 62.1 cm³/mol. The second kappa shape index (κ2) is 5.59. The number of ether oxygens (including phenoxy) is 1. The highest BCUT2D eigenvalue weighted by molar-refractivity contribution is 6.31. The summed E-state index contributed by atoms with van der Waals surface area (Å²) < 4.78 is 18.0. The molecule has 0 fully saturated rings. The van der Waals surface area contributed by atoms with Crippen LogP contribution in [0.5, 0.6) is 0 Å². The number of ketones is 1. The third-order valence-electron chi connectivity index (χ3n) is 2.07. The summed E-state index contributed by atoms with van der Waals surface area (Å²) in [5, 5.41) is -0.0773.